The van der Waals surface area contributed by atoms with E-state index in [-0.39, 0.29) is 24.3 Å². The SMILES string of the molecule is CCCCCCCCCCCCCCCCCC(=O)OCC(CSCC(N)C(=O)O)OC(=O)CCCCCCCCCCCCCCCCC. The second-order valence-electron chi connectivity index (χ2n) is 14.7. The summed E-state index contributed by atoms with van der Waals surface area (Å²) in [5.74, 6) is -1.07. The minimum absolute atomic E-state index is 0.00250. The number of thioether (sulfide) groups is 1. The normalized spacial score (nSPS) is 12.5. The number of carboxylic acid groups (broad SMARTS) is 1. The van der Waals surface area contributed by atoms with E-state index in [1.165, 1.54) is 166 Å². The van der Waals surface area contributed by atoms with Crippen LogP contribution in [0.5, 0.6) is 0 Å². The van der Waals surface area contributed by atoms with Gasteiger partial charge >= 0.3 is 17.9 Å². The topological polar surface area (TPSA) is 116 Å². The molecule has 0 rings (SSSR count). The first-order chi connectivity index (χ1) is 24.4. The van der Waals surface area contributed by atoms with E-state index in [2.05, 4.69) is 13.8 Å². The second kappa shape index (κ2) is 38.9. The van der Waals surface area contributed by atoms with Crippen molar-refractivity contribution in [2.75, 3.05) is 18.1 Å². The zero-order valence-corrected chi connectivity index (χ0v) is 33.7. The number of esters is 2. The van der Waals surface area contributed by atoms with Crippen molar-refractivity contribution in [2.45, 2.75) is 231 Å². The van der Waals surface area contributed by atoms with Crippen LogP contribution in [0.4, 0.5) is 0 Å². The predicted octanol–water partition coefficient (Wildman–Crippen LogP) is 12.1. The van der Waals surface area contributed by atoms with Gasteiger partial charge in [0.05, 0.1) is 0 Å². The Morgan fingerprint density at radius 3 is 1.16 bits per heavy atom. The number of ether oxygens (including phenoxy) is 2. The number of carboxylic acids is 1. The lowest BCUT2D eigenvalue weighted by atomic mass is 10.0. The Bertz CT molecular complexity index is 767. The monoisotopic (exact) mass is 728 g/mol. The lowest BCUT2D eigenvalue weighted by Crippen LogP contribution is -2.34. The van der Waals surface area contributed by atoms with Crippen LogP contribution in [-0.4, -0.2) is 53.3 Å². The maximum absolute atomic E-state index is 12.6. The van der Waals surface area contributed by atoms with Crippen molar-refractivity contribution < 1.29 is 29.0 Å². The highest BCUT2D eigenvalue weighted by atomic mass is 32.2. The van der Waals surface area contributed by atoms with Crippen LogP contribution in [0.25, 0.3) is 0 Å². The van der Waals surface area contributed by atoms with Crippen LogP contribution in [-0.2, 0) is 23.9 Å². The summed E-state index contributed by atoms with van der Waals surface area (Å²) >= 11 is 1.31. The third kappa shape index (κ3) is 36.5. The molecule has 0 aliphatic heterocycles. The summed E-state index contributed by atoms with van der Waals surface area (Å²) in [6, 6.07) is -0.982. The van der Waals surface area contributed by atoms with Crippen molar-refractivity contribution >= 4 is 29.7 Å². The lowest BCUT2D eigenvalue weighted by molar-refractivity contribution is -0.157. The van der Waals surface area contributed by atoms with Gasteiger partial charge in [0.2, 0.25) is 0 Å². The summed E-state index contributed by atoms with van der Waals surface area (Å²) in [5, 5.41) is 9.07. The molecule has 7 nitrogen and oxygen atoms in total. The first kappa shape index (κ1) is 48.7. The summed E-state index contributed by atoms with van der Waals surface area (Å²) in [4.78, 5) is 36.1. The molecule has 0 amide bonds. The Balaban J connectivity index is 4.01. The molecule has 0 heterocycles. The van der Waals surface area contributed by atoms with Crippen LogP contribution >= 0.6 is 11.8 Å². The second-order valence-corrected chi connectivity index (χ2v) is 15.8. The standard InChI is InChI=1S/C42H81NO6S/c1-3-5-7-9-11-13-15-17-19-21-23-25-27-29-31-33-40(44)48-35-38(36-50-37-39(43)42(46)47)49-41(45)34-32-30-28-26-24-22-20-18-16-14-12-10-8-6-4-2/h38-39H,3-37,43H2,1-2H3,(H,46,47). The van der Waals surface area contributed by atoms with E-state index in [4.69, 9.17) is 20.3 Å². The molecule has 2 atom stereocenters. The van der Waals surface area contributed by atoms with Crippen LogP contribution in [0.15, 0.2) is 0 Å². The van der Waals surface area contributed by atoms with Crippen molar-refractivity contribution in [2.24, 2.45) is 5.73 Å². The lowest BCUT2D eigenvalue weighted by Gasteiger charge is -2.18. The minimum atomic E-state index is -1.06. The maximum atomic E-state index is 12.6. The Labute approximate surface area is 313 Å². The molecular formula is C42H81NO6S. The van der Waals surface area contributed by atoms with Crippen LogP contribution in [0.3, 0.4) is 0 Å². The van der Waals surface area contributed by atoms with E-state index in [1.807, 2.05) is 0 Å². The molecule has 8 heteroatoms. The fourth-order valence-corrected chi connectivity index (χ4v) is 7.26. The first-order valence-electron chi connectivity index (χ1n) is 21.3. The van der Waals surface area contributed by atoms with E-state index in [0.29, 0.717) is 18.6 Å². The number of hydrogen-bond donors (Lipinski definition) is 2. The molecule has 0 bridgehead atoms. The first-order valence-corrected chi connectivity index (χ1v) is 22.5. The highest BCUT2D eigenvalue weighted by Crippen LogP contribution is 2.16. The van der Waals surface area contributed by atoms with Crippen molar-refractivity contribution in [1.29, 1.82) is 0 Å². The van der Waals surface area contributed by atoms with Gasteiger partial charge in [0.1, 0.15) is 18.8 Å². The number of carbonyl (C=O) groups excluding carboxylic acids is 2. The number of unbranched alkanes of at least 4 members (excludes halogenated alkanes) is 28. The molecule has 0 aromatic rings. The van der Waals surface area contributed by atoms with E-state index in [1.54, 1.807) is 0 Å². The molecule has 0 aromatic heterocycles. The summed E-state index contributed by atoms with van der Waals surface area (Å²) in [5.41, 5.74) is 5.63. The maximum Gasteiger partial charge on any atom is 0.321 e. The third-order valence-electron chi connectivity index (χ3n) is 9.62. The Kier molecular flexibility index (Phi) is 37.9. The van der Waals surface area contributed by atoms with Crippen LogP contribution in [0.1, 0.15) is 219 Å². The molecule has 0 radical (unpaired) electrons. The Hall–Kier alpha value is -1.28. The van der Waals surface area contributed by atoms with E-state index >= 15 is 0 Å². The van der Waals surface area contributed by atoms with E-state index < -0.39 is 18.1 Å². The van der Waals surface area contributed by atoms with Gasteiger partial charge in [0.25, 0.3) is 0 Å². The van der Waals surface area contributed by atoms with Crippen LogP contribution < -0.4 is 5.73 Å². The number of hydrogen-bond acceptors (Lipinski definition) is 7. The summed E-state index contributed by atoms with van der Waals surface area (Å²) in [6.07, 6.45) is 38.3. The van der Waals surface area contributed by atoms with Gasteiger partial charge in [-0.15, -0.1) is 0 Å². The predicted molar refractivity (Wildman–Crippen MR) is 213 cm³/mol. The number of nitrogens with two attached hydrogens (primary N) is 1. The van der Waals surface area contributed by atoms with Gasteiger partial charge in [-0.3, -0.25) is 14.4 Å². The van der Waals surface area contributed by atoms with Gasteiger partial charge in [-0.25, -0.2) is 0 Å². The van der Waals surface area contributed by atoms with Crippen LogP contribution in [0.2, 0.25) is 0 Å². The molecule has 3 N–H and O–H groups in total. The molecule has 2 unspecified atom stereocenters. The van der Waals surface area contributed by atoms with Crippen LogP contribution in [0, 0.1) is 0 Å². The highest BCUT2D eigenvalue weighted by molar-refractivity contribution is 7.99. The molecule has 296 valence electrons. The van der Waals surface area contributed by atoms with Crippen molar-refractivity contribution in [3.05, 3.63) is 0 Å². The Morgan fingerprint density at radius 1 is 0.500 bits per heavy atom. The number of carbonyl (C=O) groups is 3. The largest absolute Gasteiger partial charge is 0.480 e. The highest BCUT2D eigenvalue weighted by Gasteiger charge is 2.19. The van der Waals surface area contributed by atoms with Crippen molar-refractivity contribution in [1.82, 2.24) is 0 Å². The smallest absolute Gasteiger partial charge is 0.321 e. The summed E-state index contributed by atoms with van der Waals surface area (Å²) in [6.45, 7) is 4.53. The van der Waals surface area contributed by atoms with Gasteiger partial charge < -0.3 is 20.3 Å². The van der Waals surface area contributed by atoms with Gasteiger partial charge in [0, 0.05) is 24.3 Å². The molecule has 0 aliphatic rings. The molecule has 0 aliphatic carbocycles. The fraction of sp³-hybridized carbons (Fsp3) is 0.929. The molecule has 0 saturated carbocycles. The summed E-state index contributed by atoms with van der Waals surface area (Å²) < 4.78 is 11.2. The molecule has 0 saturated heterocycles. The number of aliphatic carboxylic acids is 1. The van der Waals surface area contributed by atoms with Gasteiger partial charge in [0.15, 0.2) is 0 Å². The molecule has 50 heavy (non-hydrogen) atoms. The van der Waals surface area contributed by atoms with Crippen molar-refractivity contribution in [3.63, 3.8) is 0 Å². The zero-order valence-electron chi connectivity index (χ0n) is 32.9. The zero-order chi connectivity index (χ0) is 36.8. The van der Waals surface area contributed by atoms with E-state index in [9.17, 15) is 14.4 Å². The van der Waals surface area contributed by atoms with Gasteiger partial charge in [-0.05, 0) is 12.8 Å². The third-order valence-corrected chi connectivity index (χ3v) is 10.8. The number of rotatable bonds is 40. The average molecular weight is 728 g/mol. The molecule has 0 spiro atoms. The fourth-order valence-electron chi connectivity index (χ4n) is 6.30. The van der Waals surface area contributed by atoms with Gasteiger partial charge in [-0.2, -0.15) is 11.8 Å². The quantitative estimate of drug-likeness (QED) is 0.0473. The molecule has 0 fully saturated rings. The van der Waals surface area contributed by atoms with Crippen molar-refractivity contribution in [3.8, 4) is 0 Å². The van der Waals surface area contributed by atoms with E-state index in [0.717, 1.165) is 38.5 Å². The van der Waals surface area contributed by atoms with Gasteiger partial charge in [-0.1, -0.05) is 194 Å². The average Bonchev–Trinajstić information content (AvgIpc) is 3.10. The molecule has 0 aromatic carbocycles. The minimum Gasteiger partial charge on any atom is -0.480 e. The Morgan fingerprint density at radius 2 is 0.820 bits per heavy atom. The molecular weight excluding hydrogens is 647 g/mol. The summed E-state index contributed by atoms with van der Waals surface area (Å²) in [7, 11) is 0.